The third-order valence-corrected chi connectivity index (χ3v) is 4.91. The maximum atomic E-state index is 9.98. The Bertz CT molecular complexity index is 348. The predicted octanol–water partition coefficient (Wildman–Crippen LogP) is 1.88. The van der Waals surface area contributed by atoms with Gasteiger partial charge in [-0.25, -0.2) is 0 Å². The van der Waals surface area contributed by atoms with Crippen LogP contribution in [-0.2, 0) is 0 Å². The van der Waals surface area contributed by atoms with E-state index in [1.165, 1.54) is 51.4 Å². The SMILES string of the molecule is CCCCCCCCCCCCN[C@@H]1C=C(CO)[C@H](O)[C@H](O)[C@H]1O. The van der Waals surface area contributed by atoms with Gasteiger partial charge in [0, 0.05) is 0 Å². The van der Waals surface area contributed by atoms with Crippen LogP contribution < -0.4 is 5.32 Å². The molecule has 0 bridgehead atoms. The Morgan fingerprint density at radius 1 is 0.833 bits per heavy atom. The molecule has 4 atom stereocenters. The number of hydrogen-bond donors (Lipinski definition) is 5. The molecule has 0 radical (unpaired) electrons. The Hall–Kier alpha value is -0.460. The van der Waals surface area contributed by atoms with E-state index in [2.05, 4.69) is 12.2 Å². The first-order valence-electron chi connectivity index (χ1n) is 9.70. The van der Waals surface area contributed by atoms with Gasteiger partial charge in [-0.2, -0.15) is 0 Å². The van der Waals surface area contributed by atoms with E-state index >= 15 is 0 Å². The lowest BCUT2D eigenvalue weighted by atomic mass is 9.88. The second kappa shape index (κ2) is 12.8. The van der Waals surface area contributed by atoms with Crippen LogP contribution in [0.3, 0.4) is 0 Å². The summed E-state index contributed by atoms with van der Waals surface area (Å²) < 4.78 is 0. The molecule has 24 heavy (non-hydrogen) atoms. The number of unbranched alkanes of at least 4 members (excludes halogenated alkanes) is 9. The van der Waals surface area contributed by atoms with Crippen LogP contribution in [0, 0.1) is 0 Å². The van der Waals surface area contributed by atoms with Crippen molar-refractivity contribution in [2.75, 3.05) is 13.2 Å². The fraction of sp³-hybridized carbons (Fsp3) is 0.895. The maximum Gasteiger partial charge on any atom is 0.111 e. The van der Waals surface area contributed by atoms with Crippen LogP contribution in [0.15, 0.2) is 11.6 Å². The first kappa shape index (κ1) is 21.6. The largest absolute Gasteiger partial charge is 0.392 e. The minimum Gasteiger partial charge on any atom is -0.392 e. The topological polar surface area (TPSA) is 93.0 Å². The van der Waals surface area contributed by atoms with E-state index in [1.807, 2.05) is 0 Å². The highest BCUT2D eigenvalue weighted by Gasteiger charge is 2.36. The van der Waals surface area contributed by atoms with Crippen LogP contribution in [-0.4, -0.2) is 57.9 Å². The van der Waals surface area contributed by atoms with Crippen molar-refractivity contribution in [3.63, 3.8) is 0 Å². The summed E-state index contributed by atoms with van der Waals surface area (Å²) in [5.74, 6) is 0. The molecule has 0 saturated carbocycles. The molecule has 0 saturated heterocycles. The molecular weight excluding hydrogens is 306 g/mol. The van der Waals surface area contributed by atoms with Crippen LogP contribution in [0.5, 0.6) is 0 Å². The minimum atomic E-state index is -1.25. The van der Waals surface area contributed by atoms with Gasteiger partial charge in [0.15, 0.2) is 0 Å². The lowest BCUT2D eigenvalue weighted by molar-refractivity contribution is -0.0641. The molecule has 1 aliphatic rings. The van der Waals surface area contributed by atoms with Gasteiger partial charge >= 0.3 is 0 Å². The fourth-order valence-corrected chi connectivity index (χ4v) is 3.25. The summed E-state index contributed by atoms with van der Waals surface area (Å²) in [5.41, 5.74) is 0.369. The second-order valence-electron chi connectivity index (χ2n) is 6.99. The minimum absolute atomic E-state index is 0.304. The van der Waals surface area contributed by atoms with Gasteiger partial charge in [-0.3, -0.25) is 0 Å². The molecule has 0 aromatic rings. The van der Waals surface area contributed by atoms with Crippen LogP contribution >= 0.6 is 0 Å². The van der Waals surface area contributed by atoms with Crippen LogP contribution in [0.1, 0.15) is 71.1 Å². The van der Waals surface area contributed by atoms with Gasteiger partial charge in [0.05, 0.1) is 12.6 Å². The molecule has 5 N–H and O–H groups in total. The summed E-state index contributed by atoms with van der Waals surface area (Å²) in [7, 11) is 0. The number of rotatable bonds is 13. The smallest absolute Gasteiger partial charge is 0.111 e. The summed E-state index contributed by atoms with van der Waals surface area (Å²) in [6.45, 7) is 2.70. The highest BCUT2D eigenvalue weighted by atomic mass is 16.4. The zero-order chi connectivity index (χ0) is 17.8. The summed E-state index contributed by atoms with van der Waals surface area (Å²) in [6, 6.07) is -0.413. The van der Waals surface area contributed by atoms with Crippen molar-refractivity contribution in [3.8, 4) is 0 Å². The number of aliphatic hydroxyl groups excluding tert-OH is 4. The van der Waals surface area contributed by atoms with Crippen molar-refractivity contribution in [2.24, 2.45) is 0 Å². The second-order valence-corrected chi connectivity index (χ2v) is 6.99. The van der Waals surface area contributed by atoms with Crippen LogP contribution in [0.4, 0.5) is 0 Å². The average Bonchev–Trinajstić information content (AvgIpc) is 2.59. The van der Waals surface area contributed by atoms with Crippen molar-refractivity contribution in [1.82, 2.24) is 5.32 Å². The summed E-state index contributed by atoms with van der Waals surface area (Å²) in [5, 5.41) is 41.9. The Morgan fingerprint density at radius 2 is 1.38 bits per heavy atom. The normalized spacial score (nSPS) is 27.3. The summed E-state index contributed by atoms with van der Waals surface area (Å²) in [6.07, 6.45) is 10.9. The van der Waals surface area contributed by atoms with Crippen molar-refractivity contribution in [1.29, 1.82) is 0 Å². The molecule has 1 aliphatic carbocycles. The Labute approximate surface area is 146 Å². The lowest BCUT2D eigenvalue weighted by Crippen LogP contribution is -2.54. The van der Waals surface area contributed by atoms with Gasteiger partial charge in [-0.15, -0.1) is 0 Å². The molecule has 0 heterocycles. The molecule has 0 spiro atoms. The zero-order valence-electron chi connectivity index (χ0n) is 15.2. The molecule has 0 amide bonds. The number of nitrogens with one attached hydrogen (secondary N) is 1. The molecule has 0 unspecified atom stereocenters. The third kappa shape index (κ3) is 7.62. The third-order valence-electron chi connectivity index (χ3n) is 4.91. The van der Waals surface area contributed by atoms with E-state index in [4.69, 9.17) is 0 Å². The van der Waals surface area contributed by atoms with Crippen molar-refractivity contribution >= 4 is 0 Å². The van der Waals surface area contributed by atoms with E-state index in [-0.39, 0.29) is 6.61 Å². The van der Waals surface area contributed by atoms with E-state index in [9.17, 15) is 20.4 Å². The summed E-state index contributed by atoms with van der Waals surface area (Å²) >= 11 is 0. The summed E-state index contributed by atoms with van der Waals surface area (Å²) in [4.78, 5) is 0. The highest BCUT2D eigenvalue weighted by molar-refractivity contribution is 5.21. The van der Waals surface area contributed by atoms with E-state index < -0.39 is 24.4 Å². The predicted molar refractivity (Wildman–Crippen MR) is 96.8 cm³/mol. The Kier molecular flexibility index (Phi) is 11.5. The van der Waals surface area contributed by atoms with Crippen molar-refractivity contribution < 1.29 is 20.4 Å². The highest BCUT2D eigenvalue weighted by Crippen LogP contribution is 2.20. The molecule has 0 aromatic heterocycles. The molecular formula is C19H37NO4. The number of aliphatic hydroxyl groups is 4. The van der Waals surface area contributed by atoms with Gasteiger partial charge in [0.1, 0.15) is 18.3 Å². The van der Waals surface area contributed by atoms with Gasteiger partial charge in [-0.05, 0) is 18.5 Å². The van der Waals surface area contributed by atoms with E-state index in [0.29, 0.717) is 5.57 Å². The Morgan fingerprint density at radius 3 is 1.92 bits per heavy atom. The van der Waals surface area contributed by atoms with E-state index in [0.717, 1.165) is 19.4 Å². The van der Waals surface area contributed by atoms with Crippen molar-refractivity contribution in [3.05, 3.63) is 11.6 Å². The first-order valence-corrected chi connectivity index (χ1v) is 9.70. The molecule has 5 nitrogen and oxygen atoms in total. The molecule has 1 rings (SSSR count). The average molecular weight is 344 g/mol. The molecule has 142 valence electrons. The maximum absolute atomic E-state index is 9.98. The van der Waals surface area contributed by atoms with E-state index in [1.54, 1.807) is 6.08 Å². The van der Waals surface area contributed by atoms with Gasteiger partial charge in [-0.1, -0.05) is 70.8 Å². The molecule has 5 heteroatoms. The monoisotopic (exact) mass is 343 g/mol. The van der Waals surface area contributed by atoms with Crippen LogP contribution in [0.2, 0.25) is 0 Å². The quantitative estimate of drug-likeness (QED) is 0.260. The first-order chi connectivity index (χ1) is 11.6. The zero-order valence-corrected chi connectivity index (χ0v) is 15.2. The Balaban J connectivity index is 2.07. The lowest BCUT2D eigenvalue weighted by Gasteiger charge is -2.34. The van der Waals surface area contributed by atoms with Gasteiger partial charge in [0.2, 0.25) is 0 Å². The van der Waals surface area contributed by atoms with Crippen molar-refractivity contribution in [2.45, 2.75) is 95.5 Å². The molecule has 0 fully saturated rings. The van der Waals surface area contributed by atoms with Gasteiger partial charge in [0.25, 0.3) is 0 Å². The standard InChI is InChI=1S/C19H37NO4/c1-2-3-4-5-6-7-8-9-10-11-12-20-16-13-15(14-21)17(22)19(24)18(16)23/h13,16-24H,2-12,14H2,1H3/t16-,17+,18+,19+/m1/s1. The number of hydrogen-bond acceptors (Lipinski definition) is 5. The van der Waals surface area contributed by atoms with Gasteiger partial charge < -0.3 is 25.7 Å². The molecule has 0 aromatic carbocycles. The molecule has 0 aliphatic heterocycles. The fourth-order valence-electron chi connectivity index (χ4n) is 3.25. The van der Waals surface area contributed by atoms with Crippen LogP contribution in [0.25, 0.3) is 0 Å².